The lowest BCUT2D eigenvalue weighted by Crippen LogP contribution is -2.07. The molecule has 0 radical (unpaired) electrons. The first kappa shape index (κ1) is 24.4. The smallest absolute Gasteiger partial charge is 0.194 e. The van der Waals surface area contributed by atoms with Gasteiger partial charge in [-0.1, -0.05) is 31.9 Å². The molecule has 8 rings (SSSR count). The third-order valence-corrected chi connectivity index (χ3v) is 12.7. The first-order chi connectivity index (χ1) is 18.2. The summed E-state index contributed by atoms with van der Waals surface area (Å²) in [7, 11) is 0. The summed E-state index contributed by atoms with van der Waals surface area (Å²) in [5.74, 6) is 0. The molecule has 0 fully saturated rings. The van der Waals surface area contributed by atoms with Gasteiger partial charge in [0.25, 0.3) is 0 Å². The zero-order chi connectivity index (χ0) is 26.4. The average molecular weight is 880 g/mol. The maximum Gasteiger partial charge on any atom is 0.194 e. The number of fused-ring (bicyclic) bond motifs is 4. The Morgan fingerprint density at radius 1 is 0.289 bits per heavy atom. The molecule has 38 heavy (non-hydrogen) atoms. The molecule has 182 valence electrons. The number of hydrogen-bond donors (Lipinski definition) is 0. The van der Waals surface area contributed by atoms with Crippen molar-refractivity contribution in [3.8, 4) is 0 Å². The zero-order valence-electron chi connectivity index (χ0n) is 18.7. The van der Waals surface area contributed by atoms with E-state index in [-0.39, 0.29) is 10.9 Å². The second kappa shape index (κ2) is 8.08. The van der Waals surface area contributed by atoms with Gasteiger partial charge in [0.1, 0.15) is 0 Å². The molecule has 0 aliphatic carbocycles. The van der Waals surface area contributed by atoms with Crippen molar-refractivity contribution in [2.45, 2.75) is 0 Å². The van der Waals surface area contributed by atoms with Gasteiger partial charge < -0.3 is 0 Å². The van der Waals surface area contributed by atoms with Crippen LogP contribution in [-0.2, 0) is 0 Å². The maximum absolute atomic E-state index is 13.9. The van der Waals surface area contributed by atoms with Crippen LogP contribution >= 0.6 is 95.6 Å². The highest BCUT2D eigenvalue weighted by molar-refractivity contribution is 9.13. The van der Waals surface area contributed by atoms with Gasteiger partial charge in [0, 0.05) is 59.2 Å². The molecule has 0 amide bonds. The largest absolute Gasteiger partial charge is 0.289 e. The molecule has 0 unspecified atom stereocenters. The van der Waals surface area contributed by atoms with Crippen LogP contribution in [-0.4, -0.2) is 0 Å². The number of hydrogen-bond acceptors (Lipinski definition) is 2. The van der Waals surface area contributed by atoms with E-state index >= 15 is 0 Å². The van der Waals surface area contributed by atoms with Crippen LogP contribution in [0.4, 0.5) is 0 Å². The standard InChI is InChI=1S/C30H8Br6O2/c31-19-7-18-26-12(10-4-22(34)24(36)6-14(10)30(18)38)2-16-20(32)8-17-25-11(1-15(19)27(26)28(16)25)9-3-21(33)23(35)5-13(9)29(17)37/h1-8H. The summed E-state index contributed by atoms with van der Waals surface area (Å²) in [4.78, 5) is 27.7. The van der Waals surface area contributed by atoms with E-state index in [1.165, 1.54) is 0 Å². The summed E-state index contributed by atoms with van der Waals surface area (Å²) < 4.78 is 5.13. The fraction of sp³-hybridized carbons (Fsp3) is 0. The molecule has 0 heterocycles. The first-order valence-corrected chi connectivity index (χ1v) is 16.2. The van der Waals surface area contributed by atoms with Gasteiger partial charge >= 0.3 is 0 Å². The molecule has 0 aliphatic rings. The lowest BCUT2D eigenvalue weighted by Gasteiger charge is -2.20. The van der Waals surface area contributed by atoms with Crippen LogP contribution < -0.4 is 10.9 Å². The van der Waals surface area contributed by atoms with E-state index < -0.39 is 0 Å². The third-order valence-electron chi connectivity index (χ3n) is 7.68. The molecule has 0 aromatic heterocycles. The minimum atomic E-state index is -0.0128. The number of benzene rings is 8. The van der Waals surface area contributed by atoms with Crippen molar-refractivity contribution >= 4 is 171 Å². The van der Waals surface area contributed by atoms with Crippen LogP contribution in [0.25, 0.3) is 75.4 Å². The second-order valence-corrected chi connectivity index (χ2v) is 14.7. The minimum absolute atomic E-state index is 0.0128. The van der Waals surface area contributed by atoms with Crippen LogP contribution in [0.15, 0.2) is 85.0 Å². The topological polar surface area (TPSA) is 34.1 Å². The summed E-state index contributed by atoms with van der Waals surface area (Å²) in [6.07, 6.45) is 0. The predicted octanol–water partition coefficient (Wildman–Crippen LogP) is 11.4. The molecule has 8 heteroatoms. The fourth-order valence-electron chi connectivity index (χ4n) is 6.11. The van der Waals surface area contributed by atoms with Crippen molar-refractivity contribution in [2.75, 3.05) is 0 Å². The van der Waals surface area contributed by atoms with Crippen LogP contribution in [0.2, 0.25) is 0 Å². The highest BCUT2D eigenvalue weighted by atomic mass is 79.9. The van der Waals surface area contributed by atoms with E-state index in [4.69, 9.17) is 0 Å². The molecule has 0 spiro atoms. The Labute approximate surface area is 264 Å². The highest BCUT2D eigenvalue weighted by Gasteiger charge is 2.24. The van der Waals surface area contributed by atoms with Crippen molar-refractivity contribution in [1.82, 2.24) is 0 Å². The SMILES string of the molecule is O=c1c2cc(Br)c(Br)cc2c2cc3c(Br)cc4c(=O)c5cc(Br)c(Br)cc5c5cc6c(Br)cc1c2c6c3c45. The summed E-state index contributed by atoms with van der Waals surface area (Å²) in [6.45, 7) is 0. The van der Waals surface area contributed by atoms with Crippen LogP contribution in [0.5, 0.6) is 0 Å². The Kier molecular flexibility index (Phi) is 5.18. The van der Waals surface area contributed by atoms with Crippen molar-refractivity contribution in [1.29, 1.82) is 0 Å². The quantitative estimate of drug-likeness (QED) is 0.112. The summed E-state index contributed by atoms with van der Waals surface area (Å²) in [5.41, 5.74) is -0.0257. The summed E-state index contributed by atoms with van der Waals surface area (Å²) >= 11 is 22.0. The molecular formula is C30H8Br6O2. The molecular weight excluding hydrogens is 872 g/mol. The molecule has 0 atom stereocenters. The molecule has 0 aliphatic heterocycles. The normalized spacial score (nSPS) is 12.7. The molecule has 0 bridgehead atoms. The Morgan fingerprint density at radius 3 is 0.974 bits per heavy atom. The van der Waals surface area contributed by atoms with Gasteiger partial charge in [0.2, 0.25) is 0 Å². The Hall–Kier alpha value is -1.42. The molecule has 0 saturated carbocycles. The Morgan fingerprint density at radius 2 is 0.605 bits per heavy atom. The highest BCUT2D eigenvalue weighted by Crippen LogP contribution is 2.49. The van der Waals surface area contributed by atoms with Crippen molar-refractivity contribution in [3.05, 3.63) is 95.8 Å². The summed E-state index contributed by atoms with van der Waals surface area (Å²) in [5, 5.41) is 12.3. The zero-order valence-corrected chi connectivity index (χ0v) is 28.2. The monoisotopic (exact) mass is 874 g/mol. The lowest BCUT2D eigenvalue weighted by molar-refractivity contribution is 1.63. The minimum Gasteiger partial charge on any atom is -0.289 e. The lowest BCUT2D eigenvalue weighted by atomic mass is 9.84. The van der Waals surface area contributed by atoms with Gasteiger partial charge in [-0.3, -0.25) is 9.59 Å². The van der Waals surface area contributed by atoms with Crippen LogP contribution in [0, 0.1) is 0 Å². The first-order valence-electron chi connectivity index (χ1n) is 11.4. The van der Waals surface area contributed by atoms with Gasteiger partial charge in [-0.2, -0.15) is 0 Å². The van der Waals surface area contributed by atoms with Gasteiger partial charge in [-0.25, -0.2) is 0 Å². The Bertz CT molecular complexity index is 2330. The van der Waals surface area contributed by atoms with Crippen molar-refractivity contribution < 1.29 is 0 Å². The van der Waals surface area contributed by atoms with Crippen molar-refractivity contribution in [3.63, 3.8) is 0 Å². The number of rotatable bonds is 0. The van der Waals surface area contributed by atoms with Gasteiger partial charge in [-0.05, 0) is 155 Å². The molecule has 2 nitrogen and oxygen atoms in total. The van der Waals surface area contributed by atoms with E-state index in [1.807, 2.05) is 36.4 Å². The maximum atomic E-state index is 13.9. The Balaban J connectivity index is 1.79. The number of halogens is 6. The third kappa shape index (κ3) is 2.97. The average Bonchev–Trinajstić information content (AvgIpc) is 2.89. The van der Waals surface area contributed by atoms with Gasteiger partial charge in [0.15, 0.2) is 10.9 Å². The van der Waals surface area contributed by atoms with Crippen LogP contribution in [0.3, 0.4) is 0 Å². The molecule has 8 aromatic carbocycles. The van der Waals surface area contributed by atoms with Crippen molar-refractivity contribution in [2.24, 2.45) is 0 Å². The molecule has 8 aromatic rings. The molecule has 0 saturated heterocycles. The van der Waals surface area contributed by atoms with Gasteiger partial charge in [-0.15, -0.1) is 0 Å². The molecule has 0 N–H and O–H groups in total. The predicted molar refractivity (Wildman–Crippen MR) is 181 cm³/mol. The second-order valence-electron chi connectivity index (χ2n) is 9.54. The van der Waals surface area contributed by atoms with Crippen LogP contribution in [0.1, 0.15) is 0 Å². The van der Waals surface area contributed by atoms with E-state index in [9.17, 15) is 9.59 Å². The summed E-state index contributed by atoms with van der Waals surface area (Å²) in [6, 6.07) is 16.0. The van der Waals surface area contributed by atoms with E-state index in [0.717, 1.165) is 80.7 Å². The van der Waals surface area contributed by atoms with E-state index in [0.29, 0.717) is 21.5 Å². The van der Waals surface area contributed by atoms with Gasteiger partial charge in [0.05, 0.1) is 0 Å². The fourth-order valence-corrected chi connectivity index (χ4v) is 8.57. The van der Waals surface area contributed by atoms with E-state index in [1.54, 1.807) is 0 Å². The van der Waals surface area contributed by atoms with E-state index in [2.05, 4.69) is 108 Å².